The molecule has 17 heavy (non-hydrogen) atoms. The van der Waals surface area contributed by atoms with Gasteiger partial charge in [0.1, 0.15) is 0 Å². The number of benzene rings is 2. The van der Waals surface area contributed by atoms with Gasteiger partial charge in [-0.1, -0.05) is 60.1 Å². The van der Waals surface area contributed by atoms with Crippen LogP contribution in [-0.4, -0.2) is 5.78 Å². The lowest BCUT2D eigenvalue weighted by molar-refractivity contribution is 0.0983. The van der Waals surface area contributed by atoms with Crippen LogP contribution in [0.5, 0.6) is 0 Å². The molecular weight excluding hydrogens is 208 g/mol. The molecular formula is C16H16O. The van der Waals surface area contributed by atoms with Crippen LogP contribution in [0, 0.1) is 6.85 Å². The fraction of sp³-hybridized carbons (Fsp3) is 0.188. The molecule has 0 spiro atoms. The Labute approximate surface area is 112 Å². The quantitative estimate of drug-likeness (QED) is 0.731. The summed E-state index contributed by atoms with van der Waals surface area (Å²) < 4.78 is 53.7. The molecule has 86 valence electrons. The molecule has 2 aromatic carbocycles. The minimum atomic E-state index is -2.72. The van der Waals surface area contributed by atoms with Crippen molar-refractivity contribution in [2.75, 3.05) is 0 Å². The van der Waals surface area contributed by atoms with E-state index < -0.39 is 36.6 Å². The van der Waals surface area contributed by atoms with Gasteiger partial charge in [-0.25, -0.2) is 0 Å². The standard InChI is InChI=1S/C16H16O/c1-13-7-9-14(10-8-13)11-12-16(17)15-5-3-2-4-6-15/h2-10H,11-12H2,1H3/i1D3,7D,8D,9D,10D. The molecule has 0 bridgehead atoms. The molecule has 0 unspecified atom stereocenters. The van der Waals surface area contributed by atoms with Gasteiger partial charge in [-0.05, 0) is 18.8 Å². The van der Waals surface area contributed by atoms with Crippen molar-refractivity contribution in [3.05, 3.63) is 71.2 Å². The monoisotopic (exact) mass is 231 g/mol. The van der Waals surface area contributed by atoms with Gasteiger partial charge >= 0.3 is 0 Å². The minimum absolute atomic E-state index is 0.0183. The first-order valence-corrected chi connectivity index (χ1v) is 5.32. The maximum absolute atomic E-state index is 12.1. The summed E-state index contributed by atoms with van der Waals surface area (Å²) in [5.74, 6) is -0.174. The molecule has 0 aliphatic rings. The van der Waals surface area contributed by atoms with Crippen LogP contribution in [0.2, 0.25) is 0 Å². The van der Waals surface area contributed by atoms with Crippen molar-refractivity contribution in [1.82, 2.24) is 0 Å². The topological polar surface area (TPSA) is 17.1 Å². The maximum Gasteiger partial charge on any atom is 0.163 e. The average molecular weight is 231 g/mol. The highest BCUT2D eigenvalue weighted by molar-refractivity contribution is 5.96. The summed E-state index contributed by atoms with van der Waals surface area (Å²) in [4.78, 5) is 12.1. The lowest BCUT2D eigenvalue weighted by Gasteiger charge is -2.02. The lowest BCUT2D eigenvalue weighted by Crippen LogP contribution is -2.00. The maximum atomic E-state index is 12.1. The fourth-order valence-corrected chi connectivity index (χ4v) is 1.47. The molecule has 0 aliphatic heterocycles. The molecule has 0 atom stereocenters. The Morgan fingerprint density at radius 3 is 2.53 bits per heavy atom. The van der Waals surface area contributed by atoms with E-state index in [1.54, 1.807) is 30.3 Å². The summed E-state index contributed by atoms with van der Waals surface area (Å²) in [5.41, 5.74) is -0.0233. The van der Waals surface area contributed by atoms with E-state index in [0.29, 0.717) is 5.56 Å². The van der Waals surface area contributed by atoms with Crippen LogP contribution in [-0.2, 0) is 6.42 Å². The molecule has 0 saturated heterocycles. The van der Waals surface area contributed by atoms with Gasteiger partial charge in [-0.2, -0.15) is 0 Å². The summed E-state index contributed by atoms with van der Waals surface area (Å²) in [5, 5.41) is 0. The Kier molecular flexibility index (Phi) is 1.80. The van der Waals surface area contributed by atoms with Gasteiger partial charge < -0.3 is 0 Å². The first-order valence-electron chi connectivity index (χ1n) is 8.82. The van der Waals surface area contributed by atoms with Crippen molar-refractivity contribution in [2.24, 2.45) is 0 Å². The third-order valence-corrected chi connectivity index (χ3v) is 2.37. The second-order valence-electron chi connectivity index (χ2n) is 3.64. The third-order valence-electron chi connectivity index (χ3n) is 2.37. The molecule has 0 radical (unpaired) electrons. The first-order chi connectivity index (χ1) is 11.1. The highest BCUT2D eigenvalue weighted by atomic mass is 16.1. The van der Waals surface area contributed by atoms with E-state index >= 15 is 0 Å². The molecule has 0 amide bonds. The van der Waals surface area contributed by atoms with Crippen molar-refractivity contribution >= 4 is 5.78 Å². The molecule has 1 nitrogen and oxygen atoms in total. The number of hydrogen-bond acceptors (Lipinski definition) is 1. The molecule has 0 heterocycles. The number of carbonyl (C=O) groups is 1. The van der Waals surface area contributed by atoms with Crippen LogP contribution in [0.4, 0.5) is 0 Å². The largest absolute Gasteiger partial charge is 0.294 e. The Balaban J connectivity index is 2.34. The lowest BCUT2D eigenvalue weighted by atomic mass is 10.0. The van der Waals surface area contributed by atoms with E-state index in [1.807, 2.05) is 0 Å². The van der Waals surface area contributed by atoms with Crippen molar-refractivity contribution in [3.63, 3.8) is 0 Å². The van der Waals surface area contributed by atoms with Gasteiger partial charge in [0.2, 0.25) is 0 Å². The Morgan fingerprint density at radius 1 is 1.18 bits per heavy atom. The Hall–Kier alpha value is -1.89. The van der Waals surface area contributed by atoms with Crippen molar-refractivity contribution in [1.29, 1.82) is 0 Å². The molecule has 2 rings (SSSR count). The number of rotatable bonds is 4. The van der Waals surface area contributed by atoms with Gasteiger partial charge in [-0.3, -0.25) is 4.79 Å². The van der Waals surface area contributed by atoms with E-state index in [1.165, 1.54) is 0 Å². The number of carbonyl (C=O) groups excluding carboxylic acids is 1. The predicted octanol–water partition coefficient (Wildman–Crippen LogP) is 3.81. The van der Waals surface area contributed by atoms with Crippen molar-refractivity contribution in [2.45, 2.75) is 19.7 Å². The second-order valence-corrected chi connectivity index (χ2v) is 3.64. The number of Topliss-reactive ketones (excluding diaryl/α,β-unsaturated/α-hetero) is 1. The van der Waals surface area contributed by atoms with Crippen LogP contribution in [0.25, 0.3) is 0 Å². The SMILES string of the molecule is [2H]c1c([2H])c(C([2H])([2H])[2H])c([2H])c([2H])c1CCC(=O)c1ccccc1. The molecule has 0 saturated carbocycles. The van der Waals surface area contributed by atoms with E-state index in [9.17, 15) is 4.79 Å². The summed E-state index contributed by atoms with van der Waals surface area (Å²) in [6, 6.07) is 6.63. The van der Waals surface area contributed by atoms with Crippen LogP contribution in [0.15, 0.2) is 54.5 Å². The molecule has 2 aromatic rings. The van der Waals surface area contributed by atoms with E-state index in [4.69, 9.17) is 9.60 Å². The fourth-order valence-electron chi connectivity index (χ4n) is 1.47. The molecule has 0 fully saturated rings. The summed E-state index contributed by atoms with van der Waals surface area (Å²) >= 11 is 0. The minimum Gasteiger partial charge on any atom is -0.294 e. The van der Waals surface area contributed by atoms with E-state index in [-0.39, 0.29) is 24.2 Å². The zero-order valence-electron chi connectivity index (χ0n) is 16.2. The number of hydrogen-bond donors (Lipinski definition) is 0. The summed E-state index contributed by atoms with van der Waals surface area (Å²) in [7, 11) is 0. The highest BCUT2D eigenvalue weighted by Crippen LogP contribution is 2.09. The summed E-state index contributed by atoms with van der Waals surface area (Å²) in [6.07, 6.45) is 0.0399. The zero-order chi connectivity index (χ0) is 18.1. The normalized spacial score (nSPS) is 16.8. The molecule has 0 aliphatic carbocycles. The molecule has 1 heteroatoms. The van der Waals surface area contributed by atoms with Gasteiger partial charge in [0.15, 0.2) is 5.78 Å². The first kappa shape index (κ1) is 5.63. The third kappa shape index (κ3) is 3.28. The van der Waals surface area contributed by atoms with Crippen LogP contribution in [0.3, 0.4) is 0 Å². The summed E-state index contributed by atoms with van der Waals surface area (Å²) in [6.45, 7) is -2.72. The highest BCUT2D eigenvalue weighted by Gasteiger charge is 2.04. The molecule has 0 N–H and O–H groups in total. The van der Waals surface area contributed by atoms with Gasteiger partial charge in [-0.15, -0.1) is 0 Å². The van der Waals surface area contributed by atoms with Crippen LogP contribution in [0.1, 0.15) is 37.5 Å². The van der Waals surface area contributed by atoms with E-state index in [0.717, 1.165) is 0 Å². The molecule has 0 aromatic heterocycles. The van der Waals surface area contributed by atoms with Gasteiger partial charge in [0, 0.05) is 16.1 Å². The smallest absolute Gasteiger partial charge is 0.163 e. The van der Waals surface area contributed by atoms with Gasteiger partial charge in [0.25, 0.3) is 0 Å². The Morgan fingerprint density at radius 2 is 1.88 bits per heavy atom. The Bertz CT molecular complexity index is 737. The van der Waals surface area contributed by atoms with Crippen molar-refractivity contribution < 1.29 is 14.4 Å². The van der Waals surface area contributed by atoms with Crippen LogP contribution < -0.4 is 0 Å². The zero-order valence-corrected chi connectivity index (χ0v) is 9.21. The average Bonchev–Trinajstić information content (AvgIpc) is 2.52. The van der Waals surface area contributed by atoms with Gasteiger partial charge in [0.05, 0.1) is 5.48 Å². The van der Waals surface area contributed by atoms with Crippen molar-refractivity contribution in [3.8, 4) is 0 Å². The van der Waals surface area contributed by atoms with Crippen LogP contribution >= 0.6 is 0 Å². The van der Waals surface area contributed by atoms with E-state index in [2.05, 4.69) is 0 Å². The second kappa shape index (κ2) is 5.44. The predicted molar refractivity (Wildman–Crippen MR) is 70.3 cm³/mol. The number of ketones is 1.